The van der Waals surface area contributed by atoms with Gasteiger partial charge in [0.1, 0.15) is 18.0 Å². The van der Waals surface area contributed by atoms with Crippen LogP contribution in [0.25, 0.3) is 11.0 Å². The number of ether oxygens (including phenoxy) is 1. The molecule has 1 heterocycles. The molecular weight excluding hydrogens is 269 g/mol. The van der Waals surface area contributed by atoms with Crippen molar-refractivity contribution in [2.24, 2.45) is 5.73 Å². The summed E-state index contributed by atoms with van der Waals surface area (Å²) in [6.45, 7) is 1.85. The normalized spacial score (nSPS) is 12.5. The van der Waals surface area contributed by atoms with Gasteiger partial charge in [-0.3, -0.25) is 0 Å². The molecule has 4 heteroatoms. The fourth-order valence-corrected chi connectivity index (χ4v) is 2.18. The largest absolute Gasteiger partial charge is 0.488 e. The zero-order valence-electron chi connectivity index (χ0n) is 11.7. The zero-order valence-corrected chi connectivity index (χ0v) is 11.7. The highest BCUT2D eigenvalue weighted by Gasteiger charge is 2.14. The average molecular weight is 285 g/mol. The van der Waals surface area contributed by atoms with Crippen LogP contribution in [0.5, 0.6) is 5.75 Å². The summed E-state index contributed by atoms with van der Waals surface area (Å²) in [7, 11) is 0. The first-order chi connectivity index (χ1) is 10.1. The molecule has 3 rings (SSSR count). The Morgan fingerprint density at radius 3 is 2.81 bits per heavy atom. The van der Waals surface area contributed by atoms with Gasteiger partial charge in [0, 0.05) is 5.39 Å². The van der Waals surface area contributed by atoms with E-state index < -0.39 is 6.04 Å². The fraction of sp³-hybridized carbons (Fsp3) is 0.176. The van der Waals surface area contributed by atoms with Crippen molar-refractivity contribution in [3.05, 3.63) is 65.7 Å². The second-order valence-electron chi connectivity index (χ2n) is 4.99. The standard InChI is InChI=1S/C17H16FNO2/c1-11-5-4-8-15(17(11)18)20-10-13(19)16-9-12-6-2-3-7-14(12)21-16/h2-9,13H,10,19H2,1H3. The van der Waals surface area contributed by atoms with Crippen molar-refractivity contribution in [3.63, 3.8) is 0 Å². The molecule has 21 heavy (non-hydrogen) atoms. The molecule has 108 valence electrons. The Bertz CT molecular complexity index is 733. The van der Waals surface area contributed by atoms with E-state index in [4.69, 9.17) is 14.9 Å². The molecule has 1 unspecified atom stereocenters. The summed E-state index contributed by atoms with van der Waals surface area (Å²) in [5.41, 5.74) is 7.38. The number of halogens is 1. The third kappa shape index (κ3) is 2.76. The van der Waals surface area contributed by atoms with Crippen molar-refractivity contribution in [3.8, 4) is 5.75 Å². The van der Waals surface area contributed by atoms with E-state index in [1.54, 1.807) is 25.1 Å². The van der Waals surface area contributed by atoms with E-state index in [9.17, 15) is 4.39 Å². The minimum atomic E-state index is -0.447. The Labute approximate surface area is 122 Å². The van der Waals surface area contributed by atoms with Crippen LogP contribution in [0.1, 0.15) is 17.4 Å². The average Bonchev–Trinajstić information content (AvgIpc) is 2.92. The number of furan rings is 1. The van der Waals surface area contributed by atoms with Crippen molar-refractivity contribution >= 4 is 11.0 Å². The number of nitrogens with two attached hydrogens (primary N) is 1. The summed E-state index contributed by atoms with van der Waals surface area (Å²) in [4.78, 5) is 0. The van der Waals surface area contributed by atoms with Gasteiger partial charge in [-0.2, -0.15) is 0 Å². The lowest BCUT2D eigenvalue weighted by molar-refractivity contribution is 0.263. The van der Waals surface area contributed by atoms with Crippen LogP contribution in [0.4, 0.5) is 4.39 Å². The fourth-order valence-electron chi connectivity index (χ4n) is 2.18. The molecule has 0 spiro atoms. The number of para-hydroxylation sites is 1. The van der Waals surface area contributed by atoms with Crippen molar-refractivity contribution in [1.82, 2.24) is 0 Å². The summed E-state index contributed by atoms with van der Waals surface area (Å²) in [6, 6.07) is 14.2. The molecule has 0 saturated carbocycles. The molecule has 0 radical (unpaired) electrons. The molecule has 2 N–H and O–H groups in total. The first kappa shape index (κ1) is 13.6. The minimum Gasteiger partial charge on any atom is -0.488 e. The van der Waals surface area contributed by atoms with Gasteiger partial charge in [0.25, 0.3) is 0 Å². The quantitative estimate of drug-likeness (QED) is 0.789. The molecule has 0 fully saturated rings. The smallest absolute Gasteiger partial charge is 0.167 e. The van der Waals surface area contributed by atoms with Crippen LogP contribution in [-0.4, -0.2) is 6.61 Å². The Kier molecular flexibility index (Phi) is 3.62. The van der Waals surface area contributed by atoms with E-state index in [0.29, 0.717) is 11.3 Å². The number of aryl methyl sites for hydroxylation is 1. The third-order valence-electron chi connectivity index (χ3n) is 3.38. The molecule has 0 aliphatic rings. The molecule has 3 aromatic rings. The van der Waals surface area contributed by atoms with Crippen molar-refractivity contribution in [2.45, 2.75) is 13.0 Å². The van der Waals surface area contributed by atoms with Crippen LogP contribution in [0.15, 0.2) is 52.9 Å². The first-order valence-corrected chi connectivity index (χ1v) is 6.77. The molecule has 3 nitrogen and oxygen atoms in total. The highest BCUT2D eigenvalue weighted by atomic mass is 19.1. The molecular formula is C17H16FNO2. The molecule has 0 amide bonds. The number of benzene rings is 2. The molecule has 0 aliphatic heterocycles. The predicted molar refractivity (Wildman–Crippen MR) is 79.8 cm³/mol. The number of rotatable bonds is 4. The maximum absolute atomic E-state index is 13.8. The second-order valence-corrected chi connectivity index (χ2v) is 4.99. The Hall–Kier alpha value is -2.33. The Morgan fingerprint density at radius 2 is 2.00 bits per heavy atom. The van der Waals surface area contributed by atoms with Crippen LogP contribution >= 0.6 is 0 Å². The van der Waals surface area contributed by atoms with Crippen LogP contribution in [-0.2, 0) is 0 Å². The van der Waals surface area contributed by atoms with Gasteiger partial charge in [0.05, 0.1) is 6.04 Å². The van der Waals surface area contributed by atoms with Crippen molar-refractivity contribution in [2.75, 3.05) is 6.61 Å². The van der Waals surface area contributed by atoms with Gasteiger partial charge in [-0.1, -0.05) is 30.3 Å². The number of fused-ring (bicyclic) bond motifs is 1. The van der Waals surface area contributed by atoms with Crippen molar-refractivity contribution in [1.29, 1.82) is 0 Å². The van der Waals surface area contributed by atoms with Gasteiger partial charge in [-0.25, -0.2) is 4.39 Å². The Balaban J connectivity index is 1.74. The van der Waals surface area contributed by atoms with Crippen molar-refractivity contribution < 1.29 is 13.5 Å². The lowest BCUT2D eigenvalue weighted by atomic mass is 10.2. The SMILES string of the molecule is Cc1cccc(OCC(N)c2cc3ccccc3o2)c1F. The van der Waals surface area contributed by atoms with E-state index in [1.807, 2.05) is 30.3 Å². The highest BCUT2D eigenvalue weighted by molar-refractivity contribution is 5.77. The highest BCUT2D eigenvalue weighted by Crippen LogP contribution is 2.24. The third-order valence-corrected chi connectivity index (χ3v) is 3.38. The maximum atomic E-state index is 13.8. The molecule has 0 saturated heterocycles. The summed E-state index contributed by atoms with van der Waals surface area (Å²) in [5, 5.41) is 0.990. The van der Waals surface area contributed by atoms with Gasteiger partial charge in [0.15, 0.2) is 11.6 Å². The van der Waals surface area contributed by atoms with Crippen LogP contribution in [0.3, 0.4) is 0 Å². The topological polar surface area (TPSA) is 48.4 Å². The lowest BCUT2D eigenvalue weighted by Gasteiger charge is -2.12. The first-order valence-electron chi connectivity index (χ1n) is 6.77. The molecule has 1 atom stereocenters. The van der Waals surface area contributed by atoms with Gasteiger partial charge in [-0.15, -0.1) is 0 Å². The molecule has 0 bridgehead atoms. The second kappa shape index (κ2) is 5.58. The van der Waals surface area contributed by atoms with Crippen LogP contribution in [0, 0.1) is 12.7 Å². The summed E-state index contributed by atoms with van der Waals surface area (Å²) < 4.78 is 25.0. The Morgan fingerprint density at radius 1 is 1.19 bits per heavy atom. The number of hydrogen-bond acceptors (Lipinski definition) is 3. The maximum Gasteiger partial charge on any atom is 0.167 e. The van der Waals surface area contributed by atoms with E-state index in [-0.39, 0.29) is 18.2 Å². The summed E-state index contributed by atoms with van der Waals surface area (Å²) in [6.07, 6.45) is 0. The minimum absolute atomic E-state index is 0.153. The van der Waals surface area contributed by atoms with Crippen LogP contribution < -0.4 is 10.5 Å². The van der Waals surface area contributed by atoms with E-state index in [0.717, 1.165) is 11.0 Å². The molecule has 2 aromatic carbocycles. The van der Waals surface area contributed by atoms with E-state index in [2.05, 4.69) is 0 Å². The van der Waals surface area contributed by atoms with Gasteiger partial charge < -0.3 is 14.9 Å². The van der Waals surface area contributed by atoms with Gasteiger partial charge >= 0.3 is 0 Å². The monoisotopic (exact) mass is 285 g/mol. The predicted octanol–water partition coefficient (Wildman–Crippen LogP) is 3.96. The van der Waals surface area contributed by atoms with E-state index >= 15 is 0 Å². The van der Waals surface area contributed by atoms with Gasteiger partial charge in [-0.05, 0) is 30.7 Å². The zero-order chi connectivity index (χ0) is 14.8. The lowest BCUT2D eigenvalue weighted by Crippen LogP contribution is -2.18. The van der Waals surface area contributed by atoms with Gasteiger partial charge in [0.2, 0.25) is 0 Å². The van der Waals surface area contributed by atoms with Crippen LogP contribution in [0.2, 0.25) is 0 Å². The number of hydrogen-bond donors (Lipinski definition) is 1. The summed E-state index contributed by atoms with van der Waals surface area (Å²) >= 11 is 0. The van der Waals surface area contributed by atoms with E-state index in [1.165, 1.54) is 0 Å². The molecule has 0 aliphatic carbocycles. The summed E-state index contributed by atoms with van der Waals surface area (Å²) in [5.74, 6) is 0.486. The molecule has 1 aromatic heterocycles.